The molecule has 2 aromatic carbocycles. The lowest BCUT2D eigenvalue weighted by Gasteiger charge is -2.13. The summed E-state index contributed by atoms with van der Waals surface area (Å²) >= 11 is 1.56. The lowest BCUT2D eigenvalue weighted by molar-refractivity contribution is 0.102. The largest absolute Gasteiger partial charge is 0.321 e. The predicted octanol–water partition coefficient (Wildman–Crippen LogP) is 4.43. The van der Waals surface area contributed by atoms with E-state index in [9.17, 15) is 9.59 Å². The van der Waals surface area contributed by atoms with Gasteiger partial charge in [-0.05, 0) is 36.2 Å². The zero-order chi connectivity index (χ0) is 20.4. The third-order valence-corrected chi connectivity index (χ3v) is 5.27. The number of rotatable bonds is 5. The summed E-state index contributed by atoms with van der Waals surface area (Å²) in [7, 11) is 0. The molecule has 0 radical (unpaired) electrons. The Bertz CT molecular complexity index is 1210. The molecule has 4 rings (SSSR count). The summed E-state index contributed by atoms with van der Waals surface area (Å²) in [6.45, 7) is 4.46. The summed E-state index contributed by atoms with van der Waals surface area (Å²) in [5.74, 6) is -0.114. The van der Waals surface area contributed by atoms with Crippen molar-refractivity contribution < 1.29 is 4.79 Å². The van der Waals surface area contributed by atoms with Crippen LogP contribution in [0.15, 0.2) is 64.9 Å². The van der Waals surface area contributed by atoms with Crippen LogP contribution in [0.2, 0.25) is 0 Å². The molecule has 0 aliphatic rings. The first kappa shape index (κ1) is 19.0. The highest BCUT2D eigenvalue weighted by Gasteiger charge is 2.17. The number of hydrogen-bond donors (Lipinski definition) is 1. The minimum absolute atomic E-state index is 0.182. The lowest BCUT2D eigenvalue weighted by Crippen LogP contribution is -2.29. The molecule has 146 valence electrons. The molecular weight excluding hydrogens is 384 g/mol. The van der Waals surface area contributed by atoms with Gasteiger partial charge in [0.2, 0.25) is 0 Å². The molecule has 0 bridgehead atoms. The first-order chi connectivity index (χ1) is 14.0. The monoisotopic (exact) mass is 404 g/mol. The Morgan fingerprint density at radius 2 is 1.83 bits per heavy atom. The molecule has 0 atom stereocenters. The highest BCUT2D eigenvalue weighted by Crippen LogP contribution is 2.23. The number of carbonyl (C=O) groups excluding carboxylic acids is 1. The quantitative estimate of drug-likeness (QED) is 0.534. The Hall–Kier alpha value is -3.32. The van der Waals surface area contributed by atoms with Crippen molar-refractivity contribution in [2.75, 3.05) is 5.32 Å². The summed E-state index contributed by atoms with van der Waals surface area (Å²) < 4.78 is 1.38. The molecular formula is C22H20N4O2S. The molecule has 4 aromatic rings. The normalized spacial score (nSPS) is 11.1. The van der Waals surface area contributed by atoms with Gasteiger partial charge in [-0.3, -0.25) is 9.59 Å². The van der Waals surface area contributed by atoms with Crippen LogP contribution < -0.4 is 10.9 Å². The fourth-order valence-electron chi connectivity index (χ4n) is 3.12. The summed E-state index contributed by atoms with van der Waals surface area (Å²) in [6, 6.07) is 14.6. The first-order valence-electron chi connectivity index (χ1n) is 9.34. The molecule has 7 heteroatoms. The van der Waals surface area contributed by atoms with Gasteiger partial charge in [0.25, 0.3) is 11.5 Å². The smallest absolute Gasteiger partial charge is 0.276 e. The summed E-state index contributed by atoms with van der Waals surface area (Å²) in [5, 5.41) is 11.2. The van der Waals surface area contributed by atoms with E-state index in [0.717, 1.165) is 10.6 Å². The molecule has 2 aromatic heterocycles. The molecule has 29 heavy (non-hydrogen) atoms. The Morgan fingerprint density at radius 3 is 2.48 bits per heavy atom. The van der Waals surface area contributed by atoms with Crippen molar-refractivity contribution in [3.8, 4) is 10.6 Å². The number of anilines is 1. The van der Waals surface area contributed by atoms with Crippen molar-refractivity contribution in [1.82, 2.24) is 14.8 Å². The number of benzene rings is 2. The molecule has 0 fully saturated rings. The van der Waals surface area contributed by atoms with Crippen molar-refractivity contribution in [1.29, 1.82) is 0 Å². The second-order valence-electron chi connectivity index (χ2n) is 7.14. The van der Waals surface area contributed by atoms with Crippen LogP contribution in [-0.2, 0) is 6.54 Å². The van der Waals surface area contributed by atoms with Crippen molar-refractivity contribution in [3.63, 3.8) is 0 Å². The topological polar surface area (TPSA) is 76.9 Å². The van der Waals surface area contributed by atoms with Crippen molar-refractivity contribution in [3.05, 3.63) is 76.2 Å². The van der Waals surface area contributed by atoms with Gasteiger partial charge in [0.05, 0.1) is 5.39 Å². The zero-order valence-corrected chi connectivity index (χ0v) is 16.9. The molecule has 2 heterocycles. The van der Waals surface area contributed by atoms with Gasteiger partial charge < -0.3 is 5.32 Å². The Kier molecular flexibility index (Phi) is 5.22. The van der Waals surface area contributed by atoms with E-state index >= 15 is 0 Å². The second-order valence-corrected chi connectivity index (χ2v) is 8.04. The molecule has 6 nitrogen and oxygen atoms in total. The van der Waals surface area contributed by atoms with Crippen LogP contribution in [0.25, 0.3) is 21.3 Å². The SMILES string of the molecule is CC(C)Cn1nc(C(=O)Nc2ccc(-c3nccs3)cc2)c2ccccc2c1=O. The van der Waals surface area contributed by atoms with Gasteiger partial charge in [0.15, 0.2) is 5.69 Å². The lowest BCUT2D eigenvalue weighted by atomic mass is 10.1. The minimum Gasteiger partial charge on any atom is -0.321 e. The molecule has 1 amide bonds. The molecule has 1 N–H and O–H groups in total. The Labute approximate surface area is 171 Å². The van der Waals surface area contributed by atoms with Gasteiger partial charge in [-0.25, -0.2) is 9.67 Å². The van der Waals surface area contributed by atoms with Gasteiger partial charge in [-0.1, -0.05) is 32.0 Å². The third kappa shape index (κ3) is 3.95. The van der Waals surface area contributed by atoms with E-state index in [0.29, 0.717) is 23.0 Å². The molecule has 0 aliphatic heterocycles. The van der Waals surface area contributed by atoms with Gasteiger partial charge >= 0.3 is 0 Å². The molecule has 0 spiro atoms. The fourth-order valence-corrected chi connectivity index (χ4v) is 3.77. The summed E-state index contributed by atoms with van der Waals surface area (Å²) in [4.78, 5) is 30.0. The number of amides is 1. The number of nitrogens with one attached hydrogen (secondary N) is 1. The number of thiazole rings is 1. The third-order valence-electron chi connectivity index (χ3n) is 4.44. The number of nitrogens with zero attached hydrogens (tertiary/aromatic N) is 3. The van der Waals surface area contributed by atoms with Gasteiger partial charge in [0.1, 0.15) is 5.01 Å². The molecule has 0 saturated carbocycles. The number of hydrogen-bond acceptors (Lipinski definition) is 5. The van der Waals surface area contributed by atoms with E-state index in [1.807, 2.05) is 43.5 Å². The van der Waals surface area contributed by atoms with Crippen LogP contribution in [0.1, 0.15) is 24.3 Å². The minimum atomic E-state index is -0.347. The Morgan fingerprint density at radius 1 is 1.10 bits per heavy atom. The van der Waals surface area contributed by atoms with Crippen molar-refractivity contribution >= 4 is 33.7 Å². The first-order valence-corrected chi connectivity index (χ1v) is 10.2. The van der Waals surface area contributed by atoms with E-state index in [-0.39, 0.29) is 23.1 Å². The zero-order valence-electron chi connectivity index (χ0n) is 16.1. The molecule has 0 unspecified atom stereocenters. The average molecular weight is 404 g/mol. The highest BCUT2D eigenvalue weighted by atomic mass is 32.1. The molecule has 0 saturated heterocycles. The van der Waals surface area contributed by atoms with E-state index in [1.165, 1.54) is 4.68 Å². The van der Waals surface area contributed by atoms with Crippen LogP contribution in [0.4, 0.5) is 5.69 Å². The maximum Gasteiger partial charge on any atom is 0.276 e. The fraction of sp³-hybridized carbons (Fsp3) is 0.182. The van der Waals surface area contributed by atoms with Crippen LogP contribution in [0, 0.1) is 5.92 Å². The standard InChI is InChI=1S/C22H20N4O2S/c1-14(2)13-26-22(28)18-6-4-3-5-17(18)19(25-26)20(27)24-16-9-7-15(8-10-16)21-23-11-12-29-21/h3-12,14H,13H2,1-2H3,(H,24,27). The number of carbonyl (C=O) groups is 1. The number of aromatic nitrogens is 3. The highest BCUT2D eigenvalue weighted by molar-refractivity contribution is 7.13. The van der Waals surface area contributed by atoms with E-state index in [2.05, 4.69) is 15.4 Å². The predicted molar refractivity (Wildman–Crippen MR) is 116 cm³/mol. The van der Waals surface area contributed by atoms with Gasteiger partial charge in [-0.15, -0.1) is 11.3 Å². The van der Waals surface area contributed by atoms with E-state index in [4.69, 9.17) is 0 Å². The summed E-state index contributed by atoms with van der Waals surface area (Å²) in [6.07, 6.45) is 1.76. The van der Waals surface area contributed by atoms with Crippen LogP contribution in [0.5, 0.6) is 0 Å². The van der Waals surface area contributed by atoms with Gasteiger partial charge in [-0.2, -0.15) is 5.10 Å². The summed E-state index contributed by atoms with van der Waals surface area (Å²) in [5.41, 5.74) is 1.71. The van der Waals surface area contributed by atoms with Crippen LogP contribution >= 0.6 is 11.3 Å². The number of fused-ring (bicyclic) bond motifs is 1. The maximum atomic E-state index is 13.0. The van der Waals surface area contributed by atoms with E-state index in [1.54, 1.807) is 41.8 Å². The Balaban J connectivity index is 1.67. The van der Waals surface area contributed by atoms with E-state index < -0.39 is 0 Å². The average Bonchev–Trinajstić information content (AvgIpc) is 3.25. The van der Waals surface area contributed by atoms with Crippen LogP contribution in [0.3, 0.4) is 0 Å². The van der Waals surface area contributed by atoms with Crippen molar-refractivity contribution in [2.24, 2.45) is 5.92 Å². The molecule has 0 aliphatic carbocycles. The second kappa shape index (κ2) is 7.97. The van der Waals surface area contributed by atoms with Crippen molar-refractivity contribution in [2.45, 2.75) is 20.4 Å². The van der Waals surface area contributed by atoms with Gasteiger partial charge in [0, 0.05) is 34.8 Å². The maximum absolute atomic E-state index is 13.0. The van der Waals surface area contributed by atoms with Crippen LogP contribution in [-0.4, -0.2) is 20.7 Å².